The number of methoxy groups -OCH3 is 4. The highest BCUT2D eigenvalue weighted by atomic mass is 16.6. The Bertz CT molecular complexity index is 882. The van der Waals surface area contributed by atoms with Gasteiger partial charge in [-0.25, -0.2) is 0 Å². The molecule has 2 aromatic rings. The van der Waals surface area contributed by atoms with Crippen molar-refractivity contribution >= 4 is 5.97 Å². The molecule has 2 rings (SSSR count). The molecule has 0 aliphatic rings. The zero-order chi connectivity index (χ0) is 23.0. The Kier molecular flexibility index (Phi) is 8.61. The summed E-state index contributed by atoms with van der Waals surface area (Å²) in [6, 6.07) is 9.04. The predicted octanol–water partition coefficient (Wildman–Crippen LogP) is 4.52. The zero-order valence-corrected chi connectivity index (χ0v) is 18.9. The molecule has 0 aromatic heterocycles. The van der Waals surface area contributed by atoms with E-state index in [-0.39, 0.29) is 0 Å². The Hall–Kier alpha value is -3.35. The SMILES string of the molecule is C=CCc1cc(OC)c(O[C@@H](C)[C@@H](OC(C)=O)c2ccc(OC)c(OC)c2)c(OC)c1. The van der Waals surface area contributed by atoms with Gasteiger partial charge in [-0.1, -0.05) is 12.1 Å². The van der Waals surface area contributed by atoms with Crippen LogP contribution in [0.3, 0.4) is 0 Å². The maximum absolute atomic E-state index is 11.8. The van der Waals surface area contributed by atoms with Crippen molar-refractivity contribution in [1.29, 1.82) is 0 Å². The summed E-state index contributed by atoms with van der Waals surface area (Å²) in [4.78, 5) is 11.8. The Morgan fingerprint density at radius 3 is 2.00 bits per heavy atom. The van der Waals surface area contributed by atoms with Crippen LogP contribution in [0.1, 0.15) is 31.1 Å². The molecule has 0 fully saturated rings. The van der Waals surface area contributed by atoms with Crippen LogP contribution >= 0.6 is 0 Å². The summed E-state index contributed by atoms with van der Waals surface area (Å²) in [6.45, 7) is 6.93. The molecule has 0 aliphatic heterocycles. The molecule has 168 valence electrons. The lowest BCUT2D eigenvalue weighted by Crippen LogP contribution is -2.26. The van der Waals surface area contributed by atoms with Crippen molar-refractivity contribution in [2.45, 2.75) is 32.5 Å². The highest BCUT2D eigenvalue weighted by Gasteiger charge is 2.28. The van der Waals surface area contributed by atoms with Crippen molar-refractivity contribution in [2.24, 2.45) is 0 Å². The van der Waals surface area contributed by atoms with E-state index in [2.05, 4.69) is 6.58 Å². The third kappa shape index (κ3) is 5.84. The van der Waals surface area contributed by atoms with Crippen LogP contribution in [0.25, 0.3) is 0 Å². The number of allylic oxidation sites excluding steroid dienone is 1. The number of esters is 1. The van der Waals surface area contributed by atoms with Crippen LogP contribution in [0.4, 0.5) is 0 Å². The van der Waals surface area contributed by atoms with Crippen LogP contribution in [0.2, 0.25) is 0 Å². The van der Waals surface area contributed by atoms with Gasteiger partial charge in [-0.15, -0.1) is 6.58 Å². The zero-order valence-electron chi connectivity index (χ0n) is 18.9. The van der Waals surface area contributed by atoms with Crippen LogP contribution in [-0.4, -0.2) is 40.5 Å². The quantitative estimate of drug-likeness (QED) is 0.383. The van der Waals surface area contributed by atoms with Gasteiger partial charge in [-0.05, 0) is 43.2 Å². The van der Waals surface area contributed by atoms with Crippen molar-refractivity contribution in [3.05, 3.63) is 54.1 Å². The number of carbonyl (C=O) groups is 1. The smallest absolute Gasteiger partial charge is 0.303 e. The maximum atomic E-state index is 11.8. The fraction of sp³-hybridized carbons (Fsp3) is 0.375. The Morgan fingerprint density at radius 1 is 0.935 bits per heavy atom. The number of hydrogen-bond donors (Lipinski definition) is 0. The van der Waals surface area contributed by atoms with E-state index in [0.29, 0.717) is 40.7 Å². The van der Waals surface area contributed by atoms with Gasteiger partial charge in [0.1, 0.15) is 6.10 Å². The molecule has 0 amide bonds. The molecule has 31 heavy (non-hydrogen) atoms. The van der Waals surface area contributed by atoms with E-state index in [1.165, 1.54) is 6.92 Å². The molecule has 7 nitrogen and oxygen atoms in total. The maximum Gasteiger partial charge on any atom is 0.303 e. The van der Waals surface area contributed by atoms with Gasteiger partial charge in [-0.2, -0.15) is 0 Å². The summed E-state index contributed by atoms with van der Waals surface area (Å²) >= 11 is 0. The van der Waals surface area contributed by atoms with Crippen LogP contribution in [0.5, 0.6) is 28.7 Å². The first-order valence-corrected chi connectivity index (χ1v) is 9.80. The normalized spacial score (nSPS) is 12.3. The molecule has 0 radical (unpaired) electrons. The largest absolute Gasteiger partial charge is 0.493 e. The summed E-state index contributed by atoms with van der Waals surface area (Å²) in [5, 5.41) is 0. The first kappa shape index (κ1) is 23.9. The number of benzene rings is 2. The fourth-order valence-electron chi connectivity index (χ4n) is 3.23. The third-order valence-electron chi connectivity index (χ3n) is 4.66. The molecule has 0 N–H and O–H groups in total. The average molecular weight is 430 g/mol. The summed E-state index contributed by atoms with van der Waals surface area (Å²) < 4.78 is 33.5. The van der Waals surface area contributed by atoms with Gasteiger partial charge in [0.15, 0.2) is 29.1 Å². The minimum Gasteiger partial charge on any atom is -0.493 e. The molecule has 0 heterocycles. The highest BCUT2D eigenvalue weighted by molar-refractivity contribution is 5.66. The Morgan fingerprint density at radius 2 is 1.52 bits per heavy atom. The summed E-state index contributed by atoms with van der Waals surface area (Å²) in [5.74, 6) is 2.10. The summed E-state index contributed by atoms with van der Waals surface area (Å²) in [5.41, 5.74) is 1.67. The van der Waals surface area contributed by atoms with E-state index >= 15 is 0 Å². The fourth-order valence-corrected chi connectivity index (χ4v) is 3.23. The predicted molar refractivity (Wildman–Crippen MR) is 118 cm³/mol. The monoisotopic (exact) mass is 430 g/mol. The lowest BCUT2D eigenvalue weighted by Gasteiger charge is -2.27. The van der Waals surface area contributed by atoms with Gasteiger partial charge < -0.3 is 28.4 Å². The Balaban J connectivity index is 2.44. The minimum atomic E-state index is -0.709. The van der Waals surface area contributed by atoms with Crippen LogP contribution in [0.15, 0.2) is 43.0 Å². The topological polar surface area (TPSA) is 72.5 Å². The van der Waals surface area contributed by atoms with Gasteiger partial charge in [0.2, 0.25) is 5.75 Å². The molecular formula is C24H30O7. The highest BCUT2D eigenvalue weighted by Crippen LogP contribution is 2.41. The van der Waals surface area contributed by atoms with E-state index in [1.54, 1.807) is 59.6 Å². The van der Waals surface area contributed by atoms with Gasteiger partial charge in [0, 0.05) is 12.5 Å². The standard InChI is InChI=1S/C24H30O7/c1-8-9-17-12-21(28-6)24(22(13-17)29-7)30-15(2)23(31-16(3)25)18-10-11-19(26-4)20(14-18)27-5/h8,10-15,23H,1,9H2,2-7H3/t15-,23+/m0/s1. The van der Waals surface area contributed by atoms with E-state index < -0.39 is 18.2 Å². The second-order valence-electron chi connectivity index (χ2n) is 6.79. The van der Waals surface area contributed by atoms with Crippen molar-refractivity contribution < 1.29 is 33.2 Å². The average Bonchev–Trinajstić information content (AvgIpc) is 2.77. The molecular weight excluding hydrogens is 400 g/mol. The second kappa shape index (κ2) is 11.2. The number of ether oxygens (including phenoxy) is 6. The molecule has 0 bridgehead atoms. The van der Waals surface area contributed by atoms with Crippen LogP contribution in [-0.2, 0) is 16.0 Å². The van der Waals surface area contributed by atoms with E-state index in [1.807, 2.05) is 12.1 Å². The lowest BCUT2D eigenvalue weighted by atomic mass is 10.0. The number of carbonyl (C=O) groups excluding carboxylic acids is 1. The van der Waals surface area contributed by atoms with Crippen molar-refractivity contribution in [2.75, 3.05) is 28.4 Å². The molecule has 0 spiro atoms. The first-order valence-electron chi connectivity index (χ1n) is 9.80. The number of hydrogen-bond acceptors (Lipinski definition) is 7. The van der Waals surface area contributed by atoms with E-state index in [4.69, 9.17) is 28.4 Å². The van der Waals surface area contributed by atoms with Gasteiger partial charge in [0.25, 0.3) is 0 Å². The Labute approximate surface area is 183 Å². The minimum absolute atomic E-state index is 0.419. The van der Waals surface area contributed by atoms with Crippen LogP contribution in [0, 0.1) is 0 Å². The van der Waals surface area contributed by atoms with Gasteiger partial charge >= 0.3 is 5.97 Å². The third-order valence-corrected chi connectivity index (χ3v) is 4.66. The molecule has 0 saturated heterocycles. The molecule has 2 atom stereocenters. The summed E-state index contributed by atoms with van der Waals surface area (Å²) in [6.07, 6.45) is 1.17. The van der Waals surface area contributed by atoms with Gasteiger partial charge in [0.05, 0.1) is 28.4 Å². The van der Waals surface area contributed by atoms with Crippen molar-refractivity contribution in [1.82, 2.24) is 0 Å². The van der Waals surface area contributed by atoms with E-state index in [9.17, 15) is 4.79 Å². The second-order valence-corrected chi connectivity index (χ2v) is 6.79. The van der Waals surface area contributed by atoms with Crippen molar-refractivity contribution in [3.8, 4) is 28.7 Å². The lowest BCUT2D eigenvalue weighted by molar-refractivity contribution is -0.151. The molecule has 0 unspecified atom stereocenters. The molecule has 2 aromatic carbocycles. The summed E-state index contributed by atoms with van der Waals surface area (Å²) in [7, 11) is 6.22. The first-order chi connectivity index (χ1) is 14.9. The van der Waals surface area contributed by atoms with Crippen LogP contribution < -0.4 is 23.7 Å². The van der Waals surface area contributed by atoms with Crippen molar-refractivity contribution in [3.63, 3.8) is 0 Å². The molecule has 0 aliphatic carbocycles. The van der Waals surface area contributed by atoms with E-state index in [0.717, 1.165) is 5.56 Å². The van der Waals surface area contributed by atoms with Gasteiger partial charge in [-0.3, -0.25) is 4.79 Å². The molecule has 0 saturated carbocycles. The molecule has 7 heteroatoms. The number of rotatable bonds is 11.